The number of aromatic nitrogens is 1. The van der Waals surface area contributed by atoms with Gasteiger partial charge in [0.05, 0.1) is 0 Å². The fourth-order valence-electron chi connectivity index (χ4n) is 2.24. The Hall–Kier alpha value is -3.23. The van der Waals surface area contributed by atoms with E-state index in [1.165, 1.54) is 19.0 Å². The number of amides is 4. The molecule has 0 saturated carbocycles. The minimum atomic E-state index is -0.496. The van der Waals surface area contributed by atoms with Crippen molar-refractivity contribution < 1.29 is 18.9 Å². The molecule has 0 aliphatic heterocycles. The normalized spacial score (nSPS) is 11.3. The molecule has 9 heteroatoms. The number of rotatable bonds is 7. The molecule has 0 fully saturated rings. The van der Waals surface area contributed by atoms with E-state index in [4.69, 9.17) is 4.52 Å². The highest BCUT2D eigenvalue weighted by molar-refractivity contribution is 5.93. The van der Waals surface area contributed by atoms with Crippen molar-refractivity contribution in [2.45, 2.75) is 41.0 Å². The molecule has 1 aromatic rings. The number of hydrogen-bond acceptors (Lipinski definition) is 6. The molecule has 9 nitrogen and oxygen atoms in total. The lowest BCUT2D eigenvalue weighted by Gasteiger charge is -2.22. The van der Waals surface area contributed by atoms with Gasteiger partial charge in [-0.2, -0.15) is 0 Å². The predicted molar refractivity (Wildman–Crippen MR) is 107 cm³/mol. The maximum Gasteiger partial charge on any atom is 0.331 e. The quantitative estimate of drug-likeness (QED) is 0.569. The van der Waals surface area contributed by atoms with Gasteiger partial charge in [0.1, 0.15) is 17.2 Å². The smallest absolute Gasteiger partial charge is 0.331 e. The molecule has 0 bridgehead atoms. The van der Waals surface area contributed by atoms with Crippen molar-refractivity contribution in [1.82, 2.24) is 15.0 Å². The Balaban J connectivity index is 2.80. The van der Waals surface area contributed by atoms with Crippen LogP contribution in [0.25, 0.3) is 0 Å². The summed E-state index contributed by atoms with van der Waals surface area (Å²) < 4.78 is 5.01. The summed E-state index contributed by atoms with van der Waals surface area (Å²) in [7, 11) is 2.92. The molecule has 28 heavy (non-hydrogen) atoms. The van der Waals surface area contributed by atoms with Crippen LogP contribution in [0.1, 0.15) is 38.6 Å². The summed E-state index contributed by atoms with van der Waals surface area (Å²) in [5.74, 6) is 0.769. The second kappa shape index (κ2) is 10.2. The van der Waals surface area contributed by atoms with E-state index < -0.39 is 6.03 Å². The van der Waals surface area contributed by atoms with Crippen LogP contribution >= 0.6 is 0 Å². The Morgan fingerprint density at radius 2 is 1.86 bits per heavy atom. The lowest BCUT2D eigenvalue weighted by Crippen LogP contribution is -2.37. The average Bonchev–Trinajstić information content (AvgIpc) is 2.96. The summed E-state index contributed by atoms with van der Waals surface area (Å²) in [6.45, 7) is 8.90. The number of aryl methyl sites for hydroxylation is 2. The molecule has 0 saturated heterocycles. The zero-order chi connectivity index (χ0) is 21.4. The molecule has 0 spiro atoms. The minimum Gasteiger partial charge on any atom is -0.359 e. The molecular formula is C19H27N5O4. The van der Waals surface area contributed by atoms with Crippen molar-refractivity contribution in [2.75, 3.05) is 19.4 Å². The van der Waals surface area contributed by atoms with Crippen molar-refractivity contribution in [2.24, 2.45) is 4.99 Å². The summed E-state index contributed by atoms with van der Waals surface area (Å²) in [4.78, 5) is 41.6. The molecule has 1 heterocycles. The van der Waals surface area contributed by atoms with Crippen LogP contribution in [-0.4, -0.2) is 53.6 Å². The van der Waals surface area contributed by atoms with Crippen LogP contribution in [0.15, 0.2) is 32.6 Å². The van der Waals surface area contributed by atoms with E-state index in [0.717, 1.165) is 16.0 Å². The fourth-order valence-corrected chi connectivity index (χ4v) is 2.24. The van der Waals surface area contributed by atoms with E-state index in [0.29, 0.717) is 29.4 Å². The van der Waals surface area contributed by atoms with E-state index in [2.05, 4.69) is 15.5 Å². The Labute approximate surface area is 164 Å². The van der Waals surface area contributed by atoms with Crippen molar-refractivity contribution in [1.29, 1.82) is 0 Å². The predicted octanol–water partition coefficient (Wildman–Crippen LogP) is 3.03. The van der Waals surface area contributed by atoms with Crippen LogP contribution in [0.5, 0.6) is 0 Å². The van der Waals surface area contributed by atoms with Gasteiger partial charge in [-0.3, -0.25) is 19.4 Å². The molecular weight excluding hydrogens is 362 g/mol. The van der Waals surface area contributed by atoms with E-state index in [-0.39, 0.29) is 12.3 Å². The first-order valence-corrected chi connectivity index (χ1v) is 8.65. The highest BCUT2D eigenvalue weighted by Gasteiger charge is 2.17. The Kier molecular flexibility index (Phi) is 8.30. The number of hydrogen-bond donors (Lipinski definition) is 1. The molecule has 0 atom stereocenters. The molecule has 1 rings (SSSR count). The molecule has 1 aromatic heterocycles. The summed E-state index contributed by atoms with van der Waals surface area (Å²) in [6.07, 6.45) is 3.87. The Morgan fingerprint density at radius 3 is 2.36 bits per heavy atom. The summed E-state index contributed by atoms with van der Waals surface area (Å²) in [6, 6.07) is -0.496. The Morgan fingerprint density at radius 1 is 1.21 bits per heavy atom. The molecule has 0 unspecified atom stereocenters. The van der Waals surface area contributed by atoms with Crippen LogP contribution in [0, 0.1) is 13.8 Å². The third-order valence-corrected chi connectivity index (χ3v) is 3.81. The number of nitrogens with one attached hydrogen (secondary N) is 1. The largest absolute Gasteiger partial charge is 0.359 e. The summed E-state index contributed by atoms with van der Waals surface area (Å²) in [5.41, 5.74) is 2.75. The molecule has 1 N–H and O–H groups in total. The van der Waals surface area contributed by atoms with Gasteiger partial charge in [0.25, 0.3) is 0 Å². The van der Waals surface area contributed by atoms with Crippen LogP contribution in [0.4, 0.5) is 10.5 Å². The number of carbonyl (C=O) groups excluding carboxylic acids is 3. The first kappa shape index (κ1) is 22.8. The number of urea groups is 1. The first-order valence-electron chi connectivity index (χ1n) is 8.65. The standard InChI is InChI=1S/C19H27N5O4/c1-12(2)18(24(7)19(27)23(6)11-25)20-10-13(3)8-9-16(26)21-17-14(4)22-28-15(17)5/h8,10-11H,9H2,1-7H3,(H,21,26)/b13-8-,20-10?. The summed E-state index contributed by atoms with van der Waals surface area (Å²) >= 11 is 0. The lowest BCUT2D eigenvalue weighted by atomic mass is 10.2. The van der Waals surface area contributed by atoms with Gasteiger partial charge in [0.2, 0.25) is 12.3 Å². The monoisotopic (exact) mass is 389 g/mol. The number of nitrogens with zero attached hydrogens (tertiary/aromatic N) is 4. The van der Waals surface area contributed by atoms with Gasteiger partial charge in [0.15, 0.2) is 5.76 Å². The number of imide groups is 1. The molecule has 0 aliphatic carbocycles. The van der Waals surface area contributed by atoms with Crippen molar-refractivity contribution in [3.63, 3.8) is 0 Å². The maximum atomic E-state index is 12.1. The SMILES string of the molecule is CC(C)=C(N=C/C(C)=C\CC(=O)Nc1c(C)noc1C)N(C)C(=O)N(C)C=O. The summed E-state index contributed by atoms with van der Waals surface area (Å²) in [5, 5.41) is 6.55. The molecule has 4 amide bonds. The van der Waals surface area contributed by atoms with Gasteiger partial charge in [-0.05, 0) is 45.8 Å². The van der Waals surface area contributed by atoms with Gasteiger partial charge < -0.3 is 9.84 Å². The van der Waals surface area contributed by atoms with Crippen LogP contribution in [-0.2, 0) is 9.59 Å². The lowest BCUT2D eigenvalue weighted by molar-refractivity contribution is -0.116. The minimum absolute atomic E-state index is 0.148. The number of aliphatic imine (C=N–C) groups is 1. The molecule has 152 valence electrons. The third kappa shape index (κ3) is 6.19. The highest BCUT2D eigenvalue weighted by Crippen LogP contribution is 2.18. The van der Waals surface area contributed by atoms with Gasteiger partial charge in [-0.25, -0.2) is 9.79 Å². The molecule has 0 aliphatic rings. The van der Waals surface area contributed by atoms with Gasteiger partial charge in [-0.1, -0.05) is 11.2 Å². The van der Waals surface area contributed by atoms with Crippen LogP contribution in [0.3, 0.4) is 0 Å². The average molecular weight is 389 g/mol. The van der Waals surface area contributed by atoms with Gasteiger partial charge in [-0.15, -0.1) is 0 Å². The zero-order valence-corrected chi connectivity index (χ0v) is 17.4. The highest BCUT2D eigenvalue weighted by atomic mass is 16.5. The van der Waals surface area contributed by atoms with E-state index in [9.17, 15) is 14.4 Å². The zero-order valence-electron chi connectivity index (χ0n) is 17.4. The molecule has 0 aromatic carbocycles. The number of anilines is 1. The van der Waals surface area contributed by atoms with E-state index in [1.807, 2.05) is 13.8 Å². The second-order valence-electron chi connectivity index (χ2n) is 6.54. The van der Waals surface area contributed by atoms with Crippen molar-refractivity contribution >= 4 is 30.3 Å². The second-order valence-corrected chi connectivity index (χ2v) is 6.54. The molecule has 0 radical (unpaired) electrons. The first-order chi connectivity index (χ1) is 13.1. The van der Waals surface area contributed by atoms with E-state index in [1.54, 1.807) is 33.1 Å². The maximum absolute atomic E-state index is 12.1. The van der Waals surface area contributed by atoms with Crippen LogP contribution in [0.2, 0.25) is 0 Å². The van der Waals surface area contributed by atoms with Crippen molar-refractivity contribution in [3.05, 3.63) is 34.5 Å². The van der Waals surface area contributed by atoms with Gasteiger partial charge >= 0.3 is 6.03 Å². The third-order valence-electron chi connectivity index (χ3n) is 3.81. The Bertz CT molecular complexity index is 812. The van der Waals surface area contributed by atoms with Crippen LogP contribution < -0.4 is 5.32 Å². The topological polar surface area (TPSA) is 108 Å². The van der Waals surface area contributed by atoms with E-state index >= 15 is 0 Å². The number of allylic oxidation sites excluding steroid dienone is 2. The fraction of sp³-hybridized carbons (Fsp3) is 0.421. The number of carbonyl (C=O) groups is 3. The van der Waals surface area contributed by atoms with Crippen molar-refractivity contribution in [3.8, 4) is 0 Å². The van der Waals surface area contributed by atoms with Gasteiger partial charge in [0, 0.05) is 26.7 Å².